The number of aromatic nitrogens is 2. The highest BCUT2D eigenvalue weighted by atomic mass is 19.1. The van der Waals surface area contributed by atoms with Crippen LogP contribution in [-0.4, -0.2) is 47.6 Å². The van der Waals surface area contributed by atoms with E-state index in [1.54, 1.807) is 12.1 Å². The summed E-state index contributed by atoms with van der Waals surface area (Å²) in [4.78, 5) is 6.52. The van der Waals surface area contributed by atoms with Crippen LogP contribution in [0.3, 0.4) is 0 Å². The second-order valence-electron chi connectivity index (χ2n) is 10.5. The van der Waals surface area contributed by atoms with Gasteiger partial charge in [-0.3, -0.25) is 15.7 Å². The van der Waals surface area contributed by atoms with Crippen molar-refractivity contribution in [1.29, 1.82) is 0 Å². The molecule has 0 spiro atoms. The van der Waals surface area contributed by atoms with E-state index >= 15 is 0 Å². The highest BCUT2D eigenvalue weighted by Gasteiger charge is 2.40. The van der Waals surface area contributed by atoms with Gasteiger partial charge in [-0.1, -0.05) is 12.1 Å². The Hall–Kier alpha value is -3.14. The normalized spacial score (nSPS) is 22.8. The van der Waals surface area contributed by atoms with Crippen LogP contribution in [0.15, 0.2) is 48.5 Å². The van der Waals surface area contributed by atoms with E-state index in [-0.39, 0.29) is 11.9 Å². The summed E-state index contributed by atoms with van der Waals surface area (Å²) in [7, 11) is 0. The van der Waals surface area contributed by atoms with Gasteiger partial charge in [-0.2, -0.15) is 5.10 Å². The summed E-state index contributed by atoms with van der Waals surface area (Å²) in [5, 5.41) is 7.78. The molecule has 0 bridgehead atoms. The van der Waals surface area contributed by atoms with Crippen molar-refractivity contribution in [3.63, 3.8) is 0 Å². The Morgan fingerprint density at radius 1 is 1.08 bits per heavy atom. The van der Waals surface area contributed by atoms with Crippen molar-refractivity contribution in [2.24, 2.45) is 11.5 Å². The van der Waals surface area contributed by atoms with Crippen molar-refractivity contribution < 1.29 is 9.13 Å². The fourth-order valence-electron chi connectivity index (χ4n) is 5.66. The first kappa shape index (κ1) is 24.2. The summed E-state index contributed by atoms with van der Waals surface area (Å²) < 4.78 is 19.8. The molecule has 1 saturated heterocycles. The molecule has 0 radical (unpaired) electrons. The van der Waals surface area contributed by atoms with E-state index in [0.717, 1.165) is 53.7 Å². The minimum atomic E-state index is -0.570. The first-order valence-corrected chi connectivity index (χ1v) is 13.4. The van der Waals surface area contributed by atoms with Crippen LogP contribution >= 0.6 is 0 Å². The number of ether oxygens (including phenoxy) is 1. The second-order valence-corrected chi connectivity index (χ2v) is 10.5. The molecule has 3 heterocycles. The average molecular weight is 506 g/mol. The van der Waals surface area contributed by atoms with E-state index < -0.39 is 12.5 Å². The number of likely N-dealkylation sites (tertiary alicyclic amines) is 1. The molecule has 1 saturated carbocycles. The number of aromatic amines is 1. The molecule has 2 aromatic carbocycles. The third-order valence-electron chi connectivity index (χ3n) is 7.98. The Bertz CT molecular complexity index is 1220. The summed E-state index contributed by atoms with van der Waals surface area (Å²) in [6.45, 7) is 5.93. The smallest absolute Gasteiger partial charge is 0.158 e. The molecule has 0 amide bonds. The zero-order valence-electron chi connectivity index (χ0n) is 21.3. The number of nitrogens with zero attached hydrogens (tertiary/aromatic N) is 4. The van der Waals surface area contributed by atoms with Gasteiger partial charge in [0.25, 0.3) is 0 Å². The number of rotatable bonds is 8. The van der Waals surface area contributed by atoms with Crippen LogP contribution in [0, 0.1) is 5.82 Å². The van der Waals surface area contributed by atoms with Crippen LogP contribution in [0.25, 0.3) is 0 Å². The Balaban J connectivity index is 1.33. The predicted octanol–water partition coefficient (Wildman–Crippen LogP) is 4.19. The number of halogens is 1. The van der Waals surface area contributed by atoms with Crippen molar-refractivity contribution in [2.45, 2.75) is 57.0 Å². The number of nitrogens with one attached hydrogen (secondary N) is 1. The number of H-pyrrole nitrogens is 1. The van der Waals surface area contributed by atoms with Gasteiger partial charge in [0.05, 0.1) is 6.04 Å². The highest BCUT2D eigenvalue weighted by Crippen LogP contribution is 2.44. The molecule has 3 atom stereocenters. The minimum Gasteiger partial charge on any atom is -0.492 e. The summed E-state index contributed by atoms with van der Waals surface area (Å²) in [6.07, 6.45) is 3.81. The molecule has 5 N–H and O–H groups in total. The minimum absolute atomic E-state index is 0.131. The molecule has 196 valence electrons. The standard InChI is InChI=1S/C28H36FN7O/c1-18(19-6-8-21(29)9-7-19)35-25-11-10-22(37-15-14-34-12-2-3-13-34)16-23(25)27(30)36(28(35)31)26-17-24(32-33-26)20-4-5-20/h6-11,16-18,20,27-28H,2-5,12-15,30-31H2,1H3,(H,32,33)/t18-,27?,28?/m0/s1. The van der Waals surface area contributed by atoms with Crippen LogP contribution in [0.1, 0.15) is 67.6 Å². The van der Waals surface area contributed by atoms with Gasteiger partial charge in [-0.05, 0) is 81.6 Å². The van der Waals surface area contributed by atoms with E-state index in [1.807, 2.05) is 23.1 Å². The van der Waals surface area contributed by atoms with Gasteiger partial charge in [-0.25, -0.2) is 4.39 Å². The summed E-state index contributed by atoms with van der Waals surface area (Å²) in [6, 6.07) is 14.6. The maximum absolute atomic E-state index is 13.7. The lowest BCUT2D eigenvalue weighted by Gasteiger charge is -2.49. The van der Waals surface area contributed by atoms with Gasteiger partial charge < -0.3 is 20.3 Å². The van der Waals surface area contributed by atoms with E-state index in [4.69, 9.17) is 16.2 Å². The molecule has 37 heavy (non-hydrogen) atoms. The largest absolute Gasteiger partial charge is 0.492 e. The van der Waals surface area contributed by atoms with Crippen LogP contribution in [-0.2, 0) is 0 Å². The van der Waals surface area contributed by atoms with Gasteiger partial charge >= 0.3 is 0 Å². The first-order chi connectivity index (χ1) is 18.0. The fraction of sp³-hybridized carbons (Fsp3) is 0.464. The highest BCUT2D eigenvalue weighted by molar-refractivity contribution is 5.66. The van der Waals surface area contributed by atoms with Gasteiger partial charge in [-0.15, -0.1) is 0 Å². The quantitative estimate of drug-likeness (QED) is 0.422. The van der Waals surface area contributed by atoms with E-state index in [1.165, 1.54) is 37.8 Å². The van der Waals surface area contributed by atoms with Gasteiger partial charge in [0.15, 0.2) is 12.1 Å². The molecule has 2 unspecified atom stereocenters. The monoisotopic (exact) mass is 505 g/mol. The number of nitrogens with two attached hydrogens (primary N) is 2. The van der Waals surface area contributed by atoms with Crippen molar-refractivity contribution in [1.82, 2.24) is 15.1 Å². The third-order valence-corrected chi connectivity index (χ3v) is 7.98. The third kappa shape index (κ3) is 4.79. The summed E-state index contributed by atoms with van der Waals surface area (Å²) >= 11 is 0. The summed E-state index contributed by atoms with van der Waals surface area (Å²) in [5.74, 6) is 1.79. The number of benzene rings is 2. The van der Waals surface area contributed by atoms with E-state index in [2.05, 4.69) is 33.0 Å². The zero-order valence-corrected chi connectivity index (χ0v) is 21.3. The van der Waals surface area contributed by atoms with Crippen LogP contribution in [0.4, 0.5) is 15.9 Å². The average Bonchev–Trinajstić information content (AvgIpc) is 3.40. The lowest BCUT2D eigenvalue weighted by molar-refractivity contribution is 0.237. The predicted molar refractivity (Wildman–Crippen MR) is 143 cm³/mol. The molecule has 6 rings (SSSR count). The molecule has 3 aromatic rings. The van der Waals surface area contributed by atoms with Crippen molar-refractivity contribution in [3.8, 4) is 5.75 Å². The number of fused-ring (bicyclic) bond motifs is 1. The van der Waals surface area contributed by atoms with E-state index in [0.29, 0.717) is 12.5 Å². The van der Waals surface area contributed by atoms with Gasteiger partial charge in [0, 0.05) is 35.5 Å². The second kappa shape index (κ2) is 9.96. The molecular weight excluding hydrogens is 469 g/mol. The lowest BCUT2D eigenvalue weighted by Crippen LogP contribution is -2.61. The molecular formula is C28H36FN7O. The topological polar surface area (TPSA) is 99.7 Å². The zero-order chi connectivity index (χ0) is 25.5. The van der Waals surface area contributed by atoms with E-state index in [9.17, 15) is 4.39 Å². The molecule has 2 aliphatic heterocycles. The molecule has 9 heteroatoms. The van der Waals surface area contributed by atoms with Crippen LogP contribution in [0.2, 0.25) is 0 Å². The lowest BCUT2D eigenvalue weighted by atomic mass is 9.99. The SMILES string of the molecule is C[C@@H](c1ccc(F)cc1)N1c2ccc(OCCN3CCCC3)cc2C(N)N(c2cc(C3CC3)[nH]n2)C1N. The van der Waals surface area contributed by atoms with Crippen molar-refractivity contribution in [2.75, 3.05) is 36.0 Å². The molecule has 2 fully saturated rings. The fourth-order valence-corrected chi connectivity index (χ4v) is 5.66. The molecule has 1 aliphatic carbocycles. The van der Waals surface area contributed by atoms with Crippen molar-refractivity contribution in [3.05, 3.63) is 71.2 Å². The Morgan fingerprint density at radius 2 is 1.84 bits per heavy atom. The van der Waals surface area contributed by atoms with Crippen LogP contribution < -0.4 is 26.0 Å². The summed E-state index contributed by atoms with van der Waals surface area (Å²) in [5.41, 5.74) is 17.8. The van der Waals surface area contributed by atoms with Gasteiger partial charge in [0.1, 0.15) is 24.3 Å². The van der Waals surface area contributed by atoms with Crippen molar-refractivity contribution >= 4 is 11.5 Å². The molecule has 1 aromatic heterocycles. The maximum atomic E-state index is 13.7. The number of hydrogen-bond donors (Lipinski definition) is 3. The Labute approximate surface area is 217 Å². The Kier molecular flexibility index (Phi) is 6.52. The molecule has 8 nitrogen and oxygen atoms in total. The Morgan fingerprint density at radius 3 is 2.57 bits per heavy atom. The molecule has 3 aliphatic rings. The number of anilines is 2. The number of hydrogen-bond acceptors (Lipinski definition) is 7. The maximum Gasteiger partial charge on any atom is 0.158 e. The van der Waals surface area contributed by atoms with Crippen LogP contribution in [0.5, 0.6) is 5.75 Å². The first-order valence-electron chi connectivity index (χ1n) is 13.4. The van der Waals surface area contributed by atoms with Gasteiger partial charge in [0.2, 0.25) is 0 Å².